The lowest BCUT2D eigenvalue weighted by Gasteiger charge is -2.12. The van der Waals surface area contributed by atoms with Gasteiger partial charge in [-0.15, -0.1) is 0 Å². The summed E-state index contributed by atoms with van der Waals surface area (Å²) in [5, 5.41) is 1.70. The van der Waals surface area contributed by atoms with Crippen molar-refractivity contribution in [1.82, 2.24) is 14.5 Å². The number of aromatic nitrogens is 3. The summed E-state index contributed by atoms with van der Waals surface area (Å²) in [4.78, 5) is 7.62. The first-order chi connectivity index (χ1) is 11.9. The lowest BCUT2D eigenvalue weighted by atomic mass is 10.0. The number of rotatable bonds is 1. The minimum atomic E-state index is -4.59. The van der Waals surface area contributed by atoms with Crippen LogP contribution in [-0.4, -0.2) is 14.5 Å². The van der Waals surface area contributed by atoms with Gasteiger partial charge in [0.05, 0.1) is 5.52 Å². The highest BCUT2D eigenvalue weighted by atomic mass is 35.5. The van der Waals surface area contributed by atoms with E-state index in [1.807, 2.05) is 23.7 Å². The molecule has 3 aromatic heterocycles. The van der Waals surface area contributed by atoms with Crippen molar-refractivity contribution in [2.24, 2.45) is 7.05 Å². The molecule has 0 radical (unpaired) electrons. The third kappa shape index (κ3) is 2.53. The Balaban J connectivity index is 2.00. The monoisotopic (exact) mass is 361 g/mol. The maximum atomic E-state index is 13.3. The SMILES string of the molecule is Cn1c2ccncc2c2ccc(-c3ccc(Cl)nc3C(F)(F)F)cc21. The minimum absolute atomic E-state index is 0.00202. The van der Waals surface area contributed by atoms with Crippen LogP contribution in [0, 0.1) is 0 Å². The number of alkyl halides is 3. The number of hydrogen-bond donors (Lipinski definition) is 0. The van der Waals surface area contributed by atoms with E-state index in [-0.39, 0.29) is 10.7 Å². The molecular formula is C18H11ClF3N3. The third-order valence-corrected chi connectivity index (χ3v) is 4.46. The van der Waals surface area contributed by atoms with E-state index in [1.54, 1.807) is 24.5 Å². The highest BCUT2D eigenvalue weighted by Gasteiger charge is 2.36. The predicted molar refractivity (Wildman–Crippen MR) is 91.5 cm³/mol. The van der Waals surface area contributed by atoms with Crippen LogP contribution in [0.5, 0.6) is 0 Å². The van der Waals surface area contributed by atoms with E-state index in [9.17, 15) is 13.2 Å². The Labute approximate surface area is 145 Å². The minimum Gasteiger partial charge on any atom is -0.343 e. The van der Waals surface area contributed by atoms with Crippen LogP contribution in [0.25, 0.3) is 32.9 Å². The quantitative estimate of drug-likeness (QED) is 0.421. The number of fused-ring (bicyclic) bond motifs is 3. The molecule has 0 amide bonds. The molecule has 25 heavy (non-hydrogen) atoms. The first-order valence-electron chi connectivity index (χ1n) is 7.42. The van der Waals surface area contributed by atoms with Gasteiger partial charge in [-0.25, -0.2) is 4.98 Å². The van der Waals surface area contributed by atoms with Gasteiger partial charge in [-0.3, -0.25) is 4.98 Å². The molecule has 0 spiro atoms. The Morgan fingerprint density at radius 2 is 1.80 bits per heavy atom. The fourth-order valence-corrected chi connectivity index (χ4v) is 3.25. The molecule has 0 aliphatic carbocycles. The summed E-state index contributed by atoms with van der Waals surface area (Å²) in [5.41, 5.74) is 1.24. The molecule has 0 aliphatic rings. The van der Waals surface area contributed by atoms with Gasteiger partial charge >= 0.3 is 6.18 Å². The third-order valence-electron chi connectivity index (χ3n) is 4.25. The van der Waals surface area contributed by atoms with Crippen LogP contribution in [0.15, 0.2) is 48.8 Å². The molecule has 0 saturated carbocycles. The summed E-state index contributed by atoms with van der Waals surface area (Å²) in [7, 11) is 1.87. The zero-order valence-electron chi connectivity index (χ0n) is 13.0. The Kier molecular flexibility index (Phi) is 3.47. The average molecular weight is 362 g/mol. The molecule has 4 rings (SSSR count). The van der Waals surface area contributed by atoms with Crippen LogP contribution in [-0.2, 0) is 13.2 Å². The van der Waals surface area contributed by atoms with E-state index in [0.29, 0.717) is 5.56 Å². The maximum Gasteiger partial charge on any atom is 0.434 e. The second-order valence-electron chi connectivity index (χ2n) is 5.71. The van der Waals surface area contributed by atoms with Crippen LogP contribution < -0.4 is 0 Å². The molecular weight excluding hydrogens is 351 g/mol. The molecule has 4 aromatic rings. The second-order valence-corrected chi connectivity index (χ2v) is 6.10. The van der Waals surface area contributed by atoms with Crippen LogP contribution in [0.1, 0.15) is 5.69 Å². The molecule has 0 aliphatic heterocycles. The number of halogens is 4. The van der Waals surface area contributed by atoms with Gasteiger partial charge in [-0.2, -0.15) is 13.2 Å². The predicted octanol–water partition coefficient (Wildman–Crippen LogP) is 5.46. The van der Waals surface area contributed by atoms with Crippen molar-refractivity contribution in [2.75, 3.05) is 0 Å². The van der Waals surface area contributed by atoms with Crippen molar-refractivity contribution in [3.8, 4) is 11.1 Å². The van der Waals surface area contributed by atoms with Gasteiger partial charge in [0.2, 0.25) is 0 Å². The smallest absolute Gasteiger partial charge is 0.343 e. The van der Waals surface area contributed by atoms with E-state index >= 15 is 0 Å². The Morgan fingerprint density at radius 1 is 1.00 bits per heavy atom. The van der Waals surface area contributed by atoms with Crippen LogP contribution >= 0.6 is 11.6 Å². The lowest BCUT2D eigenvalue weighted by Crippen LogP contribution is -2.10. The van der Waals surface area contributed by atoms with E-state index in [2.05, 4.69) is 9.97 Å². The summed E-state index contributed by atoms with van der Waals surface area (Å²) in [6.45, 7) is 0. The molecule has 0 saturated heterocycles. The van der Waals surface area contributed by atoms with Gasteiger partial charge in [0.1, 0.15) is 5.15 Å². The van der Waals surface area contributed by atoms with Crippen molar-refractivity contribution < 1.29 is 13.2 Å². The molecule has 3 nitrogen and oxygen atoms in total. The standard InChI is InChI=1S/C18H11ClF3N3/c1-25-14-6-7-23-9-13(14)12-3-2-10(8-15(12)25)11-4-5-16(19)24-17(11)18(20,21)22/h2-9H,1H3. The fraction of sp³-hybridized carbons (Fsp3) is 0.111. The van der Waals surface area contributed by atoms with Gasteiger partial charge in [0, 0.05) is 41.3 Å². The Hall–Kier alpha value is -2.60. The fourth-order valence-electron chi connectivity index (χ4n) is 3.11. The Bertz CT molecular complexity index is 1120. The molecule has 0 unspecified atom stereocenters. The molecule has 0 bridgehead atoms. The first kappa shape index (κ1) is 15.9. The van der Waals surface area contributed by atoms with Gasteiger partial charge in [0.25, 0.3) is 0 Å². The summed E-state index contributed by atoms with van der Waals surface area (Å²) in [5.74, 6) is 0. The van der Waals surface area contributed by atoms with Gasteiger partial charge in [-0.05, 0) is 29.8 Å². The van der Waals surface area contributed by atoms with E-state index in [0.717, 1.165) is 21.8 Å². The summed E-state index contributed by atoms with van der Waals surface area (Å²) < 4.78 is 42.0. The largest absolute Gasteiger partial charge is 0.434 e. The highest BCUT2D eigenvalue weighted by molar-refractivity contribution is 6.29. The first-order valence-corrected chi connectivity index (χ1v) is 7.80. The van der Waals surface area contributed by atoms with Crippen molar-refractivity contribution >= 4 is 33.4 Å². The zero-order valence-corrected chi connectivity index (χ0v) is 13.7. The number of hydrogen-bond acceptors (Lipinski definition) is 2. The average Bonchev–Trinajstić information content (AvgIpc) is 2.87. The van der Waals surface area contributed by atoms with Crippen molar-refractivity contribution in [1.29, 1.82) is 0 Å². The van der Waals surface area contributed by atoms with E-state index < -0.39 is 11.9 Å². The van der Waals surface area contributed by atoms with Gasteiger partial charge < -0.3 is 4.57 Å². The van der Waals surface area contributed by atoms with Gasteiger partial charge in [0.15, 0.2) is 5.69 Å². The number of pyridine rings is 2. The molecule has 0 N–H and O–H groups in total. The van der Waals surface area contributed by atoms with Crippen LogP contribution in [0.4, 0.5) is 13.2 Å². The van der Waals surface area contributed by atoms with E-state index in [4.69, 9.17) is 11.6 Å². The second kappa shape index (κ2) is 5.46. The van der Waals surface area contributed by atoms with Crippen molar-refractivity contribution in [3.05, 3.63) is 59.6 Å². The van der Waals surface area contributed by atoms with Crippen molar-refractivity contribution in [3.63, 3.8) is 0 Å². The summed E-state index contributed by atoms with van der Waals surface area (Å²) in [6.07, 6.45) is -1.15. The molecule has 1 aromatic carbocycles. The molecule has 126 valence electrons. The molecule has 7 heteroatoms. The van der Waals surface area contributed by atoms with Gasteiger partial charge in [-0.1, -0.05) is 23.7 Å². The zero-order chi connectivity index (χ0) is 17.8. The lowest BCUT2D eigenvalue weighted by molar-refractivity contribution is -0.140. The van der Waals surface area contributed by atoms with Crippen LogP contribution in [0.2, 0.25) is 5.15 Å². The number of nitrogens with zero attached hydrogens (tertiary/aromatic N) is 3. The van der Waals surface area contributed by atoms with E-state index in [1.165, 1.54) is 12.1 Å². The normalized spacial score (nSPS) is 12.2. The van der Waals surface area contributed by atoms with Crippen LogP contribution in [0.3, 0.4) is 0 Å². The molecule has 0 fully saturated rings. The number of benzene rings is 1. The topological polar surface area (TPSA) is 30.7 Å². The Morgan fingerprint density at radius 3 is 2.56 bits per heavy atom. The number of aryl methyl sites for hydroxylation is 1. The van der Waals surface area contributed by atoms with Crippen molar-refractivity contribution in [2.45, 2.75) is 6.18 Å². The summed E-state index contributed by atoms with van der Waals surface area (Å²) >= 11 is 5.66. The molecule has 3 heterocycles. The maximum absolute atomic E-state index is 13.3. The highest BCUT2D eigenvalue weighted by Crippen LogP contribution is 2.38. The summed E-state index contributed by atoms with van der Waals surface area (Å²) in [6, 6.07) is 9.79. The molecule has 0 atom stereocenters.